The van der Waals surface area contributed by atoms with Gasteiger partial charge in [0.25, 0.3) is 0 Å². The lowest BCUT2D eigenvalue weighted by atomic mass is 9.93. The van der Waals surface area contributed by atoms with E-state index in [-0.39, 0.29) is 35.7 Å². The predicted molar refractivity (Wildman–Crippen MR) is 87.3 cm³/mol. The molecule has 1 saturated carbocycles. The van der Waals surface area contributed by atoms with E-state index in [1.165, 1.54) is 6.92 Å². The number of rotatable bonds is 7. The van der Waals surface area contributed by atoms with Crippen LogP contribution in [-0.4, -0.2) is 29.9 Å². The van der Waals surface area contributed by atoms with Crippen LogP contribution in [0.3, 0.4) is 0 Å². The molecular weight excluding hydrogens is 290 g/mol. The van der Waals surface area contributed by atoms with Gasteiger partial charge in [-0.05, 0) is 31.6 Å². The van der Waals surface area contributed by atoms with Crippen molar-refractivity contribution in [1.82, 2.24) is 10.6 Å². The van der Waals surface area contributed by atoms with E-state index >= 15 is 0 Å². The maximum atomic E-state index is 12.4. The molecule has 6 heteroatoms. The lowest BCUT2D eigenvalue weighted by molar-refractivity contribution is -0.129. The Labute approximate surface area is 134 Å². The smallest absolute Gasteiger partial charge is 0.242 e. The first-order valence-electron chi connectivity index (χ1n) is 7.75. The molecule has 1 aliphatic rings. The number of carbonyl (C=O) groups excluding carboxylic acids is 2. The summed E-state index contributed by atoms with van der Waals surface area (Å²) in [7, 11) is 0. The van der Waals surface area contributed by atoms with E-state index in [1.54, 1.807) is 0 Å². The third kappa shape index (κ3) is 6.22. The lowest BCUT2D eigenvalue weighted by Gasteiger charge is -2.29. The fraction of sp³-hybridized carbons (Fsp3) is 0.867. The van der Waals surface area contributed by atoms with Crippen LogP contribution in [0.2, 0.25) is 0 Å². The van der Waals surface area contributed by atoms with Crippen LogP contribution in [0.4, 0.5) is 0 Å². The SMILES string of the molecule is CCC(N)(CC)CNC(=O)C(NC(C)=O)C1CCCC1.Cl. The highest BCUT2D eigenvalue weighted by atomic mass is 35.5. The minimum absolute atomic E-state index is 0. The Kier molecular flexibility index (Phi) is 8.90. The number of hydrogen-bond acceptors (Lipinski definition) is 3. The van der Waals surface area contributed by atoms with Crippen LogP contribution in [0.5, 0.6) is 0 Å². The van der Waals surface area contributed by atoms with Gasteiger partial charge in [-0.1, -0.05) is 26.7 Å². The van der Waals surface area contributed by atoms with Crippen molar-refractivity contribution in [1.29, 1.82) is 0 Å². The average Bonchev–Trinajstić information content (AvgIpc) is 2.95. The first-order valence-corrected chi connectivity index (χ1v) is 7.75. The van der Waals surface area contributed by atoms with Crippen molar-refractivity contribution in [2.75, 3.05) is 6.54 Å². The molecule has 1 atom stereocenters. The molecule has 5 nitrogen and oxygen atoms in total. The number of nitrogens with one attached hydrogen (secondary N) is 2. The Morgan fingerprint density at radius 3 is 2.19 bits per heavy atom. The second-order valence-corrected chi connectivity index (χ2v) is 6.01. The molecule has 1 rings (SSSR count). The van der Waals surface area contributed by atoms with Crippen molar-refractivity contribution in [2.45, 2.75) is 70.9 Å². The summed E-state index contributed by atoms with van der Waals surface area (Å²) in [6.07, 6.45) is 5.93. The third-order valence-corrected chi connectivity index (χ3v) is 4.54. The van der Waals surface area contributed by atoms with Gasteiger partial charge in [-0.25, -0.2) is 0 Å². The average molecular weight is 320 g/mol. The normalized spacial score (nSPS) is 17.0. The zero-order chi connectivity index (χ0) is 15.2. The molecule has 0 bridgehead atoms. The predicted octanol–water partition coefficient (Wildman–Crippen LogP) is 1.74. The van der Waals surface area contributed by atoms with Gasteiger partial charge < -0.3 is 16.4 Å². The molecule has 0 radical (unpaired) electrons. The summed E-state index contributed by atoms with van der Waals surface area (Å²) in [4.78, 5) is 23.7. The Morgan fingerprint density at radius 2 is 1.76 bits per heavy atom. The van der Waals surface area contributed by atoms with Crippen LogP contribution in [0.15, 0.2) is 0 Å². The molecule has 0 aromatic rings. The number of carbonyl (C=O) groups is 2. The second kappa shape index (κ2) is 9.26. The first-order chi connectivity index (χ1) is 9.41. The van der Waals surface area contributed by atoms with E-state index in [0.717, 1.165) is 38.5 Å². The maximum absolute atomic E-state index is 12.4. The van der Waals surface area contributed by atoms with Gasteiger partial charge in [0.1, 0.15) is 6.04 Å². The monoisotopic (exact) mass is 319 g/mol. The third-order valence-electron chi connectivity index (χ3n) is 4.54. The molecule has 0 heterocycles. The molecule has 1 unspecified atom stereocenters. The molecule has 0 aliphatic heterocycles. The first kappa shape index (κ1) is 20.2. The molecule has 0 aromatic carbocycles. The molecule has 0 spiro atoms. The molecular formula is C15H30ClN3O2. The van der Waals surface area contributed by atoms with Gasteiger partial charge in [0.2, 0.25) is 11.8 Å². The summed E-state index contributed by atoms with van der Waals surface area (Å²) in [5.74, 6) is 0.0141. The summed E-state index contributed by atoms with van der Waals surface area (Å²) in [5.41, 5.74) is 5.84. The Hall–Kier alpha value is -0.810. The number of nitrogens with two attached hydrogens (primary N) is 1. The highest BCUT2D eigenvalue weighted by Gasteiger charge is 2.32. The molecule has 4 N–H and O–H groups in total. The minimum atomic E-state index is -0.409. The summed E-state index contributed by atoms with van der Waals surface area (Å²) in [6.45, 7) is 5.97. The summed E-state index contributed by atoms with van der Waals surface area (Å²) in [6, 6.07) is -0.409. The van der Waals surface area contributed by atoms with E-state index in [0.29, 0.717) is 6.54 Å². The Balaban J connectivity index is 0.00000400. The van der Waals surface area contributed by atoms with Gasteiger partial charge in [0, 0.05) is 19.0 Å². The van der Waals surface area contributed by atoms with Gasteiger partial charge in [0.05, 0.1) is 0 Å². The fourth-order valence-corrected chi connectivity index (χ4v) is 2.78. The molecule has 0 saturated heterocycles. The van der Waals surface area contributed by atoms with Crippen LogP contribution >= 0.6 is 12.4 Å². The standard InChI is InChI=1S/C15H29N3O2.ClH/c1-4-15(16,5-2)10-17-14(20)13(18-11(3)19)12-8-6-7-9-12;/h12-13H,4-10,16H2,1-3H3,(H,17,20)(H,18,19);1H. The van der Waals surface area contributed by atoms with Crippen LogP contribution in [-0.2, 0) is 9.59 Å². The van der Waals surface area contributed by atoms with E-state index in [1.807, 2.05) is 13.8 Å². The molecule has 1 aliphatic carbocycles. The Morgan fingerprint density at radius 1 is 1.24 bits per heavy atom. The highest BCUT2D eigenvalue weighted by Crippen LogP contribution is 2.28. The molecule has 1 fully saturated rings. The molecule has 2 amide bonds. The summed E-state index contributed by atoms with van der Waals surface area (Å²) < 4.78 is 0. The fourth-order valence-electron chi connectivity index (χ4n) is 2.78. The quantitative estimate of drug-likeness (QED) is 0.668. The van der Waals surface area contributed by atoms with Crippen molar-refractivity contribution < 1.29 is 9.59 Å². The van der Waals surface area contributed by atoms with E-state index < -0.39 is 6.04 Å². The zero-order valence-electron chi connectivity index (χ0n) is 13.4. The van der Waals surface area contributed by atoms with Crippen molar-refractivity contribution >= 4 is 24.2 Å². The molecule has 124 valence electrons. The van der Waals surface area contributed by atoms with Crippen molar-refractivity contribution in [3.63, 3.8) is 0 Å². The van der Waals surface area contributed by atoms with Crippen LogP contribution in [0.1, 0.15) is 59.3 Å². The maximum Gasteiger partial charge on any atom is 0.242 e. The second-order valence-electron chi connectivity index (χ2n) is 6.01. The van der Waals surface area contributed by atoms with Gasteiger partial charge in [-0.3, -0.25) is 9.59 Å². The molecule has 21 heavy (non-hydrogen) atoms. The number of hydrogen-bond donors (Lipinski definition) is 3. The lowest BCUT2D eigenvalue weighted by Crippen LogP contribution is -2.55. The summed E-state index contributed by atoms with van der Waals surface area (Å²) >= 11 is 0. The van der Waals surface area contributed by atoms with Gasteiger partial charge in [-0.15, -0.1) is 12.4 Å². The topological polar surface area (TPSA) is 84.2 Å². The molecule has 0 aromatic heterocycles. The zero-order valence-corrected chi connectivity index (χ0v) is 14.2. The van der Waals surface area contributed by atoms with Crippen LogP contribution in [0.25, 0.3) is 0 Å². The number of amides is 2. The number of halogens is 1. The van der Waals surface area contributed by atoms with E-state index in [2.05, 4.69) is 10.6 Å². The highest BCUT2D eigenvalue weighted by molar-refractivity contribution is 5.87. The van der Waals surface area contributed by atoms with Crippen molar-refractivity contribution in [3.05, 3.63) is 0 Å². The van der Waals surface area contributed by atoms with Gasteiger partial charge in [-0.2, -0.15) is 0 Å². The van der Waals surface area contributed by atoms with Crippen molar-refractivity contribution in [3.8, 4) is 0 Å². The summed E-state index contributed by atoms with van der Waals surface area (Å²) in [5, 5.41) is 5.73. The van der Waals surface area contributed by atoms with Crippen molar-refractivity contribution in [2.24, 2.45) is 11.7 Å². The Bertz CT molecular complexity index is 340. The minimum Gasteiger partial charge on any atom is -0.352 e. The van der Waals surface area contributed by atoms with Crippen LogP contribution < -0.4 is 16.4 Å². The van der Waals surface area contributed by atoms with E-state index in [4.69, 9.17) is 5.73 Å². The van der Waals surface area contributed by atoms with E-state index in [9.17, 15) is 9.59 Å². The van der Waals surface area contributed by atoms with Gasteiger partial charge >= 0.3 is 0 Å². The van der Waals surface area contributed by atoms with Gasteiger partial charge in [0.15, 0.2) is 0 Å². The van der Waals surface area contributed by atoms with Crippen LogP contribution in [0, 0.1) is 5.92 Å². The largest absolute Gasteiger partial charge is 0.352 e.